The molecule has 5 heteroatoms. The van der Waals surface area contributed by atoms with Gasteiger partial charge in [0, 0.05) is 17.8 Å². The summed E-state index contributed by atoms with van der Waals surface area (Å²) < 4.78 is 0. The van der Waals surface area contributed by atoms with Crippen molar-refractivity contribution in [2.75, 3.05) is 0 Å². The van der Waals surface area contributed by atoms with Crippen LogP contribution in [-0.4, -0.2) is 15.9 Å². The van der Waals surface area contributed by atoms with Gasteiger partial charge in [-0.1, -0.05) is 0 Å². The molecule has 0 saturated carbocycles. The SMILES string of the molecule is C[C@H](N)CCc1ccc([N+](=O)[O-])cn1. The Bertz CT molecular complexity index is 308. The van der Waals surface area contributed by atoms with E-state index in [4.69, 9.17) is 5.73 Å². The second-order valence-electron chi connectivity index (χ2n) is 3.28. The third-order valence-corrected chi connectivity index (χ3v) is 1.88. The minimum Gasteiger partial charge on any atom is -0.328 e. The number of nitrogens with zero attached hydrogens (tertiary/aromatic N) is 2. The molecule has 0 bridgehead atoms. The number of aromatic nitrogens is 1. The summed E-state index contributed by atoms with van der Waals surface area (Å²) >= 11 is 0. The molecule has 0 amide bonds. The van der Waals surface area contributed by atoms with E-state index in [0.29, 0.717) is 0 Å². The summed E-state index contributed by atoms with van der Waals surface area (Å²) in [6.45, 7) is 1.92. The quantitative estimate of drug-likeness (QED) is 0.579. The van der Waals surface area contributed by atoms with Crippen LogP contribution in [0.4, 0.5) is 5.69 Å². The lowest BCUT2D eigenvalue weighted by molar-refractivity contribution is -0.385. The zero-order valence-electron chi connectivity index (χ0n) is 8.01. The Morgan fingerprint density at radius 1 is 1.64 bits per heavy atom. The molecule has 14 heavy (non-hydrogen) atoms. The predicted octanol–water partition coefficient (Wildman–Crippen LogP) is 1.27. The fourth-order valence-corrected chi connectivity index (χ4v) is 1.05. The smallest absolute Gasteiger partial charge is 0.287 e. The molecule has 5 nitrogen and oxygen atoms in total. The fourth-order valence-electron chi connectivity index (χ4n) is 1.05. The van der Waals surface area contributed by atoms with Crippen molar-refractivity contribution in [2.24, 2.45) is 5.73 Å². The minimum atomic E-state index is -0.456. The maximum Gasteiger partial charge on any atom is 0.287 e. The molecule has 0 fully saturated rings. The van der Waals surface area contributed by atoms with E-state index in [1.165, 1.54) is 12.3 Å². The molecule has 2 N–H and O–H groups in total. The van der Waals surface area contributed by atoms with E-state index in [1.807, 2.05) is 6.92 Å². The van der Waals surface area contributed by atoms with E-state index < -0.39 is 4.92 Å². The molecule has 1 atom stereocenters. The first-order valence-corrected chi connectivity index (χ1v) is 4.44. The minimum absolute atomic E-state index is 0.0227. The van der Waals surface area contributed by atoms with Crippen LogP contribution in [0.1, 0.15) is 19.0 Å². The highest BCUT2D eigenvalue weighted by atomic mass is 16.6. The third kappa shape index (κ3) is 3.10. The van der Waals surface area contributed by atoms with Crippen LogP contribution in [0.25, 0.3) is 0 Å². The molecule has 0 spiro atoms. The number of aryl methyl sites for hydroxylation is 1. The Balaban J connectivity index is 2.60. The summed E-state index contributed by atoms with van der Waals surface area (Å²) in [5.41, 5.74) is 6.45. The van der Waals surface area contributed by atoms with Crippen LogP contribution in [0.15, 0.2) is 18.3 Å². The molecule has 1 rings (SSSR count). The molecule has 0 aromatic carbocycles. The number of nitro groups is 1. The van der Waals surface area contributed by atoms with Crippen LogP contribution in [0.5, 0.6) is 0 Å². The second-order valence-corrected chi connectivity index (χ2v) is 3.28. The van der Waals surface area contributed by atoms with Crippen LogP contribution in [-0.2, 0) is 6.42 Å². The first kappa shape index (κ1) is 10.6. The van der Waals surface area contributed by atoms with E-state index in [0.717, 1.165) is 18.5 Å². The second kappa shape index (κ2) is 4.66. The van der Waals surface area contributed by atoms with Crippen molar-refractivity contribution in [3.8, 4) is 0 Å². The number of nitrogens with two attached hydrogens (primary N) is 1. The zero-order chi connectivity index (χ0) is 10.6. The molecule has 0 aliphatic rings. The van der Waals surface area contributed by atoms with Gasteiger partial charge in [0.25, 0.3) is 5.69 Å². The summed E-state index contributed by atoms with van der Waals surface area (Å²) in [5.74, 6) is 0. The first-order chi connectivity index (χ1) is 6.59. The topological polar surface area (TPSA) is 82.0 Å². The van der Waals surface area contributed by atoms with Crippen molar-refractivity contribution >= 4 is 5.69 Å². The average molecular weight is 195 g/mol. The highest BCUT2D eigenvalue weighted by Gasteiger charge is 2.05. The Morgan fingerprint density at radius 2 is 2.36 bits per heavy atom. The van der Waals surface area contributed by atoms with E-state index in [-0.39, 0.29) is 11.7 Å². The van der Waals surface area contributed by atoms with Gasteiger partial charge in [-0.2, -0.15) is 0 Å². The van der Waals surface area contributed by atoms with Crippen LogP contribution < -0.4 is 5.73 Å². The summed E-state index contributed by atoms with van der Waals surface area (Å²) in [4.78, 5) is 13.8. The van der Waals surface area contributed by atoms with Crippen LogP contribution >= 0.6 is 0 Å². The van der Waals surface area contributed by atoms with Crippen molar-refractivity contribution in [1.82, 2.24) is 4.98 Å². The van der Waals surface area contributed by atoms with Gasteiger partial charge in [0.2, 0.25) is 0 Å². The lowest BCUT2D eigenvalue weighted by Gasteiger charge is -2.03. The molecule has 0 saturated heterocycles. The van der Waals surface area contributed by atoms with Crippen molar-refractivity contribution < 1.29 is 4.92 Å². The molecule has 0 radical (unpaired) electrons. The van der Waals surface area contributed by atoms with Crippen LogP contribution in [0.2, 0.25) is 0 Å². The van der Waals surface area contributed by atoms with E-state index in [9.17, 15) is 10.1 Å². The monoisotopic (exact) mass is 195 g/mol. The highest BCUT2D eigenvalue weighted by molar-refractivity contribution is 5.26. The average Bonchev–Trinajstić information content (AvgIpc) is 2.15. The van der Waals surface area contributed by atoms with Crippen molar-refractivity contribution in [2.45, 2.75) is 25.8 Å². The molecular weight excluding hydrogens is 182 g/mol. The van der Waals surface area contributed by atoms with E-state index in [2.05, 4.69) is 4.98 Å². The van der Waals surface area contributed by atoms with Gasteiger partial charge in [-0.05, 0) is 25.8 Å². The number of hydrogen-bond donors (Lipinski definition) is 1. The molecular formula is C9H13N3O2. The predicted molar refractivity (Wildman–Crippen MR) is 52.9 cm³/mol. The van der Waals surface area contributed by atoms with Gasteiger partial charge < -0.3 is 5.73 Å². The van der Waals surface area contributed by atoms with Gasteiger partial charge in [0.15, 0.2) is 0 Å². The van der Waals surface area contributed by atoms with Crippen LogP contribution in [0, 0.1) is 10.1 Å². The Hall–Kier alpha value is -1.49. The van der Waals surface area contributed by atoms with Crippen molar-refractivity contribution in [3.05, 3.63) is 34.1 Å². The summed E-state index contributed by atoms with van der Waals surface area (Å²) in [6.07, 6.45) is 2.87. The van der Waals surface area contributed by atoms with Gasteiger partial charge in [-0.3, -0.25) is 15.1 Å². The highest BCUT2D eigenvalue weighted by Crippen LogP contribution is 2.10. The number of hydrogen-bond acceptors (Lipinski definition) is 4. The first-order valence-electron chi connectivity index (χ1n) is 4.44. The van der Waals surface area contributed by atoms with Gasteiger partial charge in [-0.15, -0.1) is 0 Å². The maximum atomic E-state index is 10.3. The van der Waals surface area contributed by atoms with Crippen LogP contribution in [0.3, 0.4) is 0 Å². The lowest BCUT2D eigenvalue weighted by Crippen LogP contribution is -2.15. The van der Waals surface area contributed by atoms with Crippen molar-refractivity contribution in [3.63, 3.8) is 0 Å². The van der Waals surface area contributed by atoms with Gasteiger partial charge in [0.1, 0.15) is 6.20 Å². The largest absolute Gasteiger partial charge is 0.328 e. The molecule has 0 unspecified atom stereocenters. The third-order valence-electron chi connectivity index (χ3n) is 1.88. The normalized spacial score (nSPS) is 12.4. The molecule has 1 heterocycles. The fraction of sp³-hybridized carbons (Fsp3) is 0.444. The van der Waals surface area contributed by atoms with Gasteiger partial charge in [0.05, 0.1) is 4.92 Å². The Labute approximate surface area is 82.1 Å². The van der Waals surface area contributed by atoms with E-state index >= 15 is 0 Å². The Kier molecular flexibility index (Phi) is 3.53. The van der Waals surface area contributed by atoms with E-state index in [1.54, 1.807) is 6.07 Å². The van der Waals surface area contributed by atoms with Gasteiger partial charge >= 0.3 is 0 Å². The number of rotatable bonds is 4. The Morgan fingerprint density at radius 3 is 2.79 bits per heavy atom. The summed E-state index contributed by atoms with van der Waals surface area (Å²) in [5, 5.41) is 10.3. The summed E-state index contributed by atoms with van der Waals surface area (Å²) in [6, 6.07) is 3.26. The molecule has 0 aliphatic heterocycles. The van der Waals surface area contributed by atoms with Gasteiger partial charge in [-0.25, -0.2) is 0 Å². The van der Waals surface area contributed by atoms with Crippen molar-refractivity contribution in [1.29, 1.82) is 0 Å². The molecule has 1 aromatic heterocycles. The summed E-state index contributed by atoms with van der Waals surface area (Å²) in [7, 11) is 0. The number of pyridine rings is 1. The molecule has 1 aromatic rings. The molecule has 0 aliphatic carbocycles. The molecule has 76 valence electrons. The maximum absolute atomic E-state index is 10.3. The zero-order valence-corrected chi connectivity index (χ0v) is 8.01. The lowest BCUT2D eigenvalue weighted by atomic mass is 10.1. The standard InChI is InChI=1S/C9H13N3O2/c1-7(10)2-3-8-4-5-9(6-11-8)12(13)14/h4-7H,2-3,10H2,1H3/t7-/m0/s1.